The third kappa shape index (κ3) is 5.59. The minimum Gasteiger partial charge on any atom is -0.354 e. The number of aryl methyl sites for hydroxylation is 1. The standard InChI is InChI=1S/C23H33ClN4O/c1-4-16(3)25-22(29)13-14-28(18-9-7-6-8-10-18)23-19-12-11-17(24)15-20(19)26-21(5-2)27-23/h11-12,15-16,18H,4-10,13-14H2,1-3H3,(H,25,29)/t16-/m1/s1. The number of halogens is 1. The van der Waals surface area contributed by atoms with Gasteiger partial charge in [-0.25, -0.2) is 9.97 Å². The van der Waals surface area contributed by atoms with Gasteiger partial charge in [-0.2, -0.15) is 0 Å². The van der Waals surface area contributed by atoms with E-state index in [4.69, 9.17) is 16.6 Å². The summed E-state index contributed by atoms with van der Waals surface area (Å²) < 4.78 is 0. The van der Waals surface area contributed by atoms with Crippen molar-refractivity contribution in [3.63, 3.8) is 0 Å². The van der Waals surface area contributed by atoms with Crippen LogP contribution in [0.25, 0.3) is 10.9 Å². The van der Waals surface area contributed by atoms with Crippen molar-refractivity contribution in [1.29, 1.82) is 0 Å². The third-order valence-electron chi connectivity index (χ3n) is 5.89. The lowest BCUT2D eigenvalue weighted by atomic mass is 9.93. The number of carbonyl (C=O) groups is 1. The fourth-order valence-corrected chi connectivity index (χ4v) is 4.20. The molecule has 1 heterocycles. The van der Waals surface area contributed by atoms with Gasteiger partial charge in [0.15, 0.2) is 0 Å². The lowest BCUT2D eigenvalue weighted by Gasteiger charge is -2.36. The smallest absolute Gasteiger partial charge is 0.221 e. The number of hydrogen-bond donors (Lipinski definition) is 1. The molecule has 1 aromatic heterocycles. The van der Waals surface area contributed by atoms with Gasteiger partial charge in [-0.3, -0.25) is 4.79 Å². The van der Waals surface area contributed by atoms with Gasteiger partial charge in [0.25, 0.3) is 0 Å². The molecule has 158 valence electrons. The molecule has 0 aliphatic heterocycles. The van der Waals surface area contributed by atoms with Crippen molar-refractivity contribution in [3.8, 4) is 0 Å². The number of amides is 1. The van der Waals surface area contributed by atoms with Crippen molar-refractivity contribution >= 4 is 34.2 Å². The molecular formula is C23H33ClN4O. The predicted molar refractivity (Wildman–Crippen MR) is 121 cm³/mol. The molecule has 0 radical (unpaired) electrons. The van der Waals surface area contributed by atoms with E-state index in [1.807, 2.05) is 25.1 Å². The van der Waals surface area contributed by atoms with Crippen molar-refractivity contribution in [2.75, 3.05) is 11.4 Å². The summed E-state index contributed by atoms with van der Waals surface area (Å²) in [6, 6.07) is 6.45. The maximum Gasteiger partial charge on any atom is 0.221 e. The van der Waals surface area contributed by atoms with Crippen LogP contribution in [0.4, 0.5) is 5.82 Å². The van der Waals surface area contributed by atoms with E-state index in [0.29, 0.717) is 24.0 Å². The molecule has 1 N–H and O–H groups in total. The molecule has 1 amide bonds. The Bertz CT molecular complexity index is 835. The Balaban J connectivity index is 1.94. The van der Waals surface area contributed by atoms with E-state index in [9.17, 15) is 4.79 Å². The summed E-state index contributed by atoms with van der Waals surface area (Å²) in [6.45, 7) is 6.88. The third-order valence-corrected chi connectivity index (χ3v) is 6.12. The molecule has 1 atom stereocenters. The van der Waals surface area contributed by atoms with Crippen molar-refractivity contribution in [3.05, 3.63) is 29.0 Å². The van der Waals surface area contributed by atoms with Crippen LogP contribution in [0.15, 0.2) is 18.2 Å². The summed E-state index contributed by atoms with van der Waals surface area (Å²) in [5.74, 6) is 1.88. The van der Waals surface area contributed by atoms with Gasteiger partial charge < -0.3 is 10.2 Å². The van der Waals surface area contributed by atoms with Crippen LogP contribution in [0.1, 0.15) is 71.5 Å². The minimum absolute atomic E-state index is 0.109. The van der Waals surface area contributed by atoms with E-state index in [-0.39, 0.29) is 11.9 Å². The zero-order valence-corrected chi connectivity index (χ0v) is 18.6. The molecule has 6 heteroatoms. The Hall–Kier alpha value is -1.88. The van der Waals surface area contributed by atoms with Crippen LogP contribution in [-0.2, 0) is 11.2 Å². The average molecular weight is 417 g/mol. The molecule has 5 nitrogen and oxygen atoms in total. The second-order valence-corrected chi connectivity index (χ2v) is 8.53. The van der Waals surface area contributed by atoms with Crippen LogP contribution < -0.4 is 10.2 Å². The summed E-state index contributed by atoms with van der Waals surface area (Å²) >= 11 is 6.23. The van der Waals surface area contributed by atoms with E-state index in [1.165, 1.54) is 19.3 Å². The summed E-state index contributed by atoms with van der Waals surface area (Å²) in [6.07, 6.45) is 8.23. The Morgan fingerprint density at radius 3 is 2.69 bits per heavy atom. The Labute approximate surface area is 179 Å². The topological polar surface area (TPSA) is 58.1 Å². The van der Waals surface area contributed by atoms with E-state index >= 15 is 0 Å². The predicted octanol–water partition coefficient (Wildman–Crippen LogP) is 5.29. The van der Waals surface area contributed by atoms with Gasteiger partial charge in [-0.15, -0.1) is 0 Å². The largest absolute Gasteiger partial charge is 0.354 e. The first kappa shape index (κ1) is 21.8. The molecule has 1 aromatic carbocycles. The number of benzene rings is 1. The average Bonchev–Trinajstić information content (AvgIpc) is 2.73. The first-order valence-corrected chi connectivity index (χ1v) is 11.4. The molecule has 2 aromatic rings. The highest BCUT2D eigenvalue weighted by Gasteiger charge is 2.25. The van der Waals surface area contributed by atoms with E-state index in [0.717, 1.165) is 48.2 Å². The highest BCUT2D eigenvalue weighted by atomic mass is 35.5. The first-order valence-electron chi connectivity index (χ1n) is 11.0. The molecule has 0 unspecified atom stereocenters. The normalized spacial score (nSPS) is 16.0. The Morgan fingerprint density at radius 1 is 1.24 bits per heavy atom. The van der Waals surface area contributed by atoms with E-state index in [1.54, 1.807) is 0 Å². The van der Waals surface area contributed by atoms with E-state index < -0.39 is 0 Å². The Kier molecular flexibility index (Phi) is 7.70. The highest BCUT2D eigenvalue weighted by molar-refractivity contribution is 6.31. The molecule has 1 saturated carbocycles. The number of aromatic nitrogens is 2. The zero-order valence-electron chi connectivity index (χ0n) is 17.9. The molecule has 1 aliphatic carbocycles. The van der Waals surface area contributed by atoms with Crippen LogP contribution in [0.5, 0.6) is 0 Å². The highest BCUT2D eigenvalue weighted by Crippen LogP contribution is 2.32. The van der Waals surface area contributed by atoms with Crippen LogP contribution >= 0.6 is 11.6 Å². The van der Waals surface area contributed by atoms with Gasteiger partial charge >= 0.3 is 0 Å². The lowest BCUT2D eigenvalue weighted by Crippen LogP contribution is -2.41. The van der Waals surface area contributed by atoms with Crippen LogP contribution in [-0.4, -0.2) is 34.5 Å². The monoisotopic (exact) mass is 416 g/mol. The number of hydrogen-bond acceptors (Lipinski definition) is 4. The van der Waals surface area contributed by atoms with Crippen LogP contribution in [0, 0.1) is 0 Å². The van der Waals surface area contributed by atoms with Crippen molar-refractivity contribution in [2.45, 2.75) is 84.2 Å². The van der Waals surface area contributed by atoms with Gasteiger partial charge in [-0.05, 0) is 44.4 Å². The van der Waals surface area contributed by atoms with Crippen molar-refractivity contribution in [1.82, 2.24) is 15.3 Å². The van der Waals surface area contributed by atoms with Crippen LogP contribution in [0.3, 0.4) is 0 Å². The second kappa shape index (κ2) is 10.2. The van der Waals surface area contributed by atoms with Crippen LogP contribution in [0.2, 0.25) is 5.02 Å². The molecule has 0 bridgehead atoms. The number of carbonyl (C=O) groups excluding carboxylic acids is 1. The summed E-state index contributed by atoms with van der Waals surface area (Å²) in [5, 5.41) is 4.79. The fraction of sp³-hybridized carbons (Fsp3) is 0.609. The maximum absolute atomic E-state index is 12.5. The van der Waals surface area contributed by atoms with E-state index in [2.05, 4.69) is 29.0 Å². The molecule has 0 saturated heterocycles. The van der Waals surface area contributed by atoms with Crippen molar-refractivity contribution < 1.29 is 4.79 Å². The first-order chi connectivity index (χ1) is 14.0. The quantitative estimate of drug-likeness (QED) is 0.635. The zero-order chi connectivity index (χ0) is 20.8. The molecule has 1 fully saturated rings. The van der Waals surface area contributed by atoms with Gasteiger partial charge in [0, 0.05) is 41.9 Å². The number of nitrogens with one attached hydrogen (secondary N) is 1. The molecule has 29 heavy (non-hydrogen) atoms. The molecule has 3 rings (SSSR count). The molecule has 0 spiro atoms. The SMILES string of the molecule is CCc1nc(N(CCC(=O)N[C@H](C)CC)C2CCCCC2)c2ccc(Cl)cc2n1. The minimum atomic E-state index is 0.109. The summed E-state index contributed by atoms with van der Waals surface area (Å²) in [5.41, 5.74) is 0.879. The number of anilines is 1. The Morgan fingerprint density at radius 2 is 2.00 bits per heavy atom. The number of nitrogens with zero attached hydrogens (tertiary/aromatic N) is 3. The maximum atomic E-state index is 12.5. The van der Waals surface area contributed by atoms with Gasteiger partial charge in [0.05, 0.1) is 5.52 Å². The van der Waals surface area contributed by atoms with Crippen molar-refractivity contribution in [2.24, 2.45) is 0 Å². The number of rotatable bonds is 8. The fourth-order valence-electron chi connectivity index (χ4n) is 4.04. The summed E-state index contributed by atoms with van der Waals surface area (Å²) in [4.78, 5) is 24.4. The summed E-state index contributed by atoms with van der Waals surface area (Å²) in [7, 11) is 0. The second-order valence-electron chi connectivity index (χ2n) is 8.09. The van der Waals surface area contributed by atoms with Gasteiger partial charge in [-0.1, -0.05) is 44.7 Å². The lowest BCUT2D eigenvalue weighted by molar-refractivity contribution is -0.121. The van der Waals surface area contributed by atoms with Gasteiger partial charge in [0.1, 0.15) is 11.6 Å². The number of fused-ring (bicyclic) bond motifs is 1. The molecular weight excluding hydrogens is 384 g/mol. The van der Waals surface area contributed by atoms with Gasteiger partial charge in [0.2, 0.25) is 5.91 Å². The molecule has 1 aliphatic rings.